The highest BCUT2D eigenvalue weighted by Gasteiger charge is 2.35. The predicted molar refractivity (Wildman–Crippen MR) is 67.4 cm³/mol. The molecule has 5 nitrogen and oxygen atoms in total. The highest BCUT2D eigenvalue weighted by atomic mass is 19.4. The number of halogens is 3. The number of carbonyl (C=O) groups excluding carboxylic acids is 1. The molecule has 116 valence electrons. The van der Waals surface area contributed by atoms with Crippen molar-refractivity contribution >= 4 is 5.91 Å². The molecule has 0 radical (unpaired) electrons. The van der Waals surface area contributed by atoms with Crippen molar-refractivity contribution in [2.24, 2.45) is 0 Å². The van der Waals surface area contributed by atoms with Gasteiger partial charge in [0.1, 0.15) is 18.1 Å². The molecule has 0 saturated carbocycles. The lowest BCUT2D eigenvalue weighted by Gasteiger charge is -2.31. The predicted octanol–water partition coefficient (Wildman–Crippen LogP) is 1.50. The number of alkyl halides is 3. The Morgan fingerprint density at radius 3 is 2.81 bits per heavy atom. The second-order valence-electron chi connectivity index (χ2n) is 5.09. The third-order valence-corrected chi connectivity index (χ3v) is 3.44. The lowest BCUT2D eigenvalue weighted by molar-refractivity contribution is -0.141. The van der Waals surface area contributed by atoms with Crippen molar-refractivity contribution in [3.8, 4) is 0 Å². The van der Waals surface area contributed by atoms with E-state index in [0.717, 1.165) is 6.07 Å². The Hall–Kier alpha value is -1.70. The van der Waals surface area contributed by atoms with Gasteiger partial charge in [0, 0.05) is 24.7 Å². The maximum absolute atomic E-state index is 12.8. The van der Waals surface area contributed by atoms with Crippen LogP contribution in [0.2, 0.25) is 0 Å². The monoisotopic (exact) mass is 303 g/mol. The van der Waals surface area contributed by atoms with Gasteiger partial charge in [-0.2, -0.15) is 13.2 Å². The van der Waals surface area contributed by atoms with E-state index in [2.05, 4.69) is 9.97 Å². The van der Waals surface area contributed by atoms with E-state index in [1.807, 2.05) is 0 Å². The number of carbonyl (C=O) groups is 1. The van der Waals surface area contributed by atoms with Crippen LogP contribution in [0.4, 0.5) is 13.2 Å². The van der Waals surface area contributed by atoms with Crippen LogP contribution < -0.4 is 0 Å². The summed E-state index contributed by atoms with van der Waals surface area (Å²) in [6, 6.07) is 0.906. The Morgan fingerprint density at radius 2 is 2.19 bits per heavy atom. The van der Waals surface area contributed by atoms with Gasteiger partial charge in [-0.05, 0) is 25.8 Å². The van der Waals surface area contributed by atoms with Gasteiger partial charge in [-0.1, -0.05) is 0 Å². The van der Waals surface area contributed by atoms with Crippen molar-refractivity contribution in [3.63, 3.8) is 0 Å². The Balaban J connectivity index is 2.25. The molecule has 0 bridgehead atoms. The zero-order valence-electron chi connectivity index (χ0n) is 11.5. The van der Waals surface area contributed by atoms with E-state index < -0.39 is 24.4 Å². The van der Waals surface area contributed by atoms with Crippen molar-refractivity contribution < 1.29 is 23.1 Å². The fourth-order valence-corrected chi connectivity index (χ4v) is 2.43. The van der Waals surface area contributed by atoms with Crippen molar-refractivity contribution in [1.29, 1.82) is 0 Å². The smallest absolute Gasteiger partial charge is 0.387 e. The van der Waals surface area contributed by atoms with Gasteiger partial charge >= 0.3 is 6.18 Å². The normalized spacial score (nSPS) is 19.7. The second kappa shape index (κ2) is 5.97. The number of aryl methyl sites for hydroxylation is 1. The third-order valence-electron chi connectivity index (χ3n) is 3.44. The number of nitrogens with zero attached hydrogens (tertiary/aromatic N) is 3. The van der Waals surface area contributed by atoms with Crippen LogP contribution in [0.5, 0.6) is 0 Å². The summed E-state index contributed by atoms with van der Waals surface area (Å²) in [5.41, 5.74) is -0.714. The van der Waals surface area contributed by atoms with E-state index in [4.69, 9.17) is 5.11 Å². The van der Waals surface area contributed by atoms with Gasteiger partial charge in [0.05, 0.1) is 0 Å². The average molecular weight is 303 g/mol. The first-order valence-corrected chi connectivity index (χ1v) is 6.62. The Morgan fingerprint density at radius 1 is 1.48 bits per heavy atom. The molecule has 0 aromatic carbocycles. The van der Waals surface area contributed by atoms with Gasteiger partial charge in [0.25, 0.3) is 0 Å². The maximum Gasteiger partial charge on any atom is 0.433 e. The summed E-state index contributed by atoms with van der Waals surface area (Å²) in [6.07, 6.45) is -3.25. The maximum atomic E-state index is 12.8. The highest BCUT2D eigenvalue weighted by Crippen LogP contribution is 2.30. The van der Waals surface area contributed by atoms with E-state index >= 15 is 0 Å². The number of rotatable bonds is 2. The molecule has 1 aromatic rings. The summed E-state index contributed by atoms with van der Waals surface area (Å²) in [5.74, 6) is -0.656. The van der Waals surface area contributed by atoms with Crippen molar-refractivity contribution in [1.82, 2.24) is 14.9 Å². The zero-order chi connectivity index (χ0) is 15.6. The summed E-state index contributed by atoms with van der Waals surface area (Å²) in [7, 11) is 0. The largest absolute Gasteiger partial charge is 0.433 e. The van der Waals surface area contributed by atoms with E-state index in [1.54, 1.807) is 0 Å². The third kappa shape index (κ3) is 3.69. The second-order valence-corrected chi connectivity index (χ2v) is 5.09. The van der Waals surface area contributed by atoms with Gasteiger partial charge in [0.2, 0.25) is 5.91 Å². The molecule has 0 aliphatic carbocycles. The molecule has 1 aliphatic rings. The molecule has 8 heteroatoms. The van der Waals surface area contributed by atoms with E-state index in [-0.39, 0.29) is 24.0 Å². The van der Waals surface area contributed by atoms with Gasteiger partial charge < -0.3 is 10.0 Å². The molecule has 1 amide bonds. The lowest BCUT2D eigenvalue weighted by Crippen LogP contribution is -2.41. The molecular formula is C13H16F3N3O2. The minimum atomic E-state index is -4.52. The fraction of sp³-hybridized carbons (Fsp3) is 0.615. The number of hydrogen-bond donors (Lipinski definition) is 1. The number of aromatic nitrogens is 2. The van der Waals surface area contributed by atoms with Gasteiger partial charge in [-0.3, -0.25) is 4.79 Å². The van der Waals surface area contributed by atoms with Crippen LogP contribution in [-0.4, -0.2) is 45.6 Å². The quantitative estimate of drug-likeness (QED) is 0.899. The van der Waals surface area contributed by atoms with Crippen LogP contribution >= 0.6 is 0 Å². The van der Waals surface area contributed by atoms with Crippen LogP contribution in [0.3, 0.4) is 0 Å². The summed E-state index contributed by atoms with van der Waals surface area (Å²) in [5, 5.41) is 8.87. The average Bonchev–Trinajstić information content (AvgIpc) is 2.45. The SMILES string of the molecule is Cc1cc(C(F)(F)F)nc([C@@H]2CCCN(C(=O)CO)C2)n1. The number of hydrogen-bond acceptors (Lipinski definition) is 4. The van der Waals surface area contributed by atoms with Crippen LogP contribution in [0, 0.1) is 6.92 Å². The standard InChI is InChI=1S/C13H16F3N3O2/c1-8-5-10(13(14,15)16)18-12(17-8)9-3-2-4-19(6-9)11(21)7-20/h5,9,20H,2-4,6-7H2,1H3/t9-/m1/s1. The van der Waals surface area contributed by atoms with Crippen molar-refractivity contribution in [3.05, 3.63) is 23.3 Å². The van der Waals surface area contributed by atoms with E-state index in [0.29, 0.717) is 19.4 Å². The van der Waals surface area contributed by atoms with Crippen molar-refractivity contribution in [2.45, 2.75) is 31.9 Å². The molecule has 1 aliphatic heterocycles. The number of likely N-dealkylation sites (tertiary alicyclic amines) is 1. The van der Waals surface area contributed by atoms with Crippen LogP contribution in [0.1, 0.15) is 36.0 Å². The minimum absolute atomic E-state index is 0.109. The highest BCUT2D eigenvalue weighted by molar-refractivity contribution is 5.77. The molecule has 21 heavy (non-hydrogen) atoms. The first-order valence-electron chi connectivity index (χ1n) is 6.62. The molecule has 1 aromatic heterocycles. The summed E-state index contributed by atoms with van der Waals surface area (Å²) in [4.78, 5) is 20.6. The number of aliphatic hydroxyl groups is 1. The molecular weight excluding hydrogens is 287 g/mol. The Labute approximate surface area is 119 Å². The number of amides is 1. The van der Waals surface area contributed by atoms with Gasteiger partial charge in [-0.25, -0.2) is 9.97 Å². The first kappa shape index (κ1) is 15.7. The molecule has 0 unspecified atom stereocenters. The van der Waals surface area contributed by atoms with Crippen LogP contribution in [0.25, 0.3) is 0 Å². The molecule has 1 fully saturated rings. The molecule has 2 rings (SSSR count). The summed E-state index contributed by atoms with van der Waals surface area (Å²) in [6.45, 7) is 1.61. The minimum Gasteiger partial charge on any atom is -0.387 e. The molecule has 1 atom stereocenters. The Bertz CT molecular complexity index is 534. The molecule has 2 heterocycles. The van der Waals surface area contributed by atoms with Gasteiger partial charge in [-0.15, -0.1) is 0 Å². The topological polar surface area (TPSA) is 66.3 Å². The molecule has 1 N–H and O–H groups in total. The Kier molecular flexibility index (Phi) is 4.46. The number of aliphatic hydroxyl groups excluding tert-OH is 1. The van der Waals surface area contributed by atoms with Crippen LogP contribution in [-0.2, 0) is 11.0 Å². The number of piperidine rings is 1. The van der Waals surface area contributed by atoms with Crippen LogP contribution in [0.15, 0.2) is 6.07 Å². The fourth-order valence-electron chi connectivity index (χ4n) is 2.43. The van der Waals surface area contributed by atoms with E-state index in [1.165, 1.54) is 11.8 Å². The van der Waals surface area contributed by atoms with Gasteiger partial charge in [0.15, 0.2) is 0 Å². The zero-order valence-corrected chi connectivity index (χ0v) is 11.5. The molecule has 0 spiro atoms. The van der Waals surface area contributed by atoms with E-state index in [9.17, 15) is 18.0 Å². The molecule has 1 saturated heterocycles. The summed E-state index contributed by atoms with van der Waals surface area (Å²) < 4.78 is 38.4. The first-order chi connectivity index (χ1) is 9.81. The van der Waals surface area contributed by atoms with Crippen molar-refractivity contribution in [2.75, 3.05) is 19.7 Å². The lowest BCUT2D eigenvalue weighted by atomic mass is 9.97. The summed E-state index contributed by atoms with van der Waals surface area (Å²) >= 11 is 0.